The van der Waals surface area contributed by atoms with Gasteiger partial charge in [-0.05, 0) is 63.0 Å². The number of carbonyl (C=O) groups is 2. The number of aliphatic hydroxyl groups is 1. The van der Waals surface area contributed by atoms with Crippen molar-refractivity contribution in [1.82, 2.24) is 0 Å². The molecule has 0 aromatic heterocycles. The third kappa shape index (κ3) is 2.57. The number of carbonyl (C=O) groups excluding carboxylic acids is 2. The fourth-order valence-electron chi connectivity index (χ4n) is 4.34. The number of ketones is 1. The average Bonchev–Trinajstić information content (AvgIpc) is 3.38. The third-order valence-electron chi connectivity index (χ3n) is 6.15. The predicted molar refractivity (Wildman–Crippen MR) is 99.2 cm³/mol. The Hall–Kier alpha value is -2.66. The Morgan fingerprint density at radius 1 is 1.19 bits per heavy atom. The second-order valence-corrected chi connectivity index (χ2v) is 7.66. The summed E-state index contributed by atoms with van der Waals surface area (Å²) in [7, 11) is 0. The van der Waals surface area contributed by atoms with Gasteiger partial charge in [-0.15, -0.1) is 0 Å². The summed E-state index contributed by atoms with van der Waals surface area (Å²) in [6.45, 7) is 5.49. The quantitative estimate of drug-likeness (QED) is 0.649. The maximum atomic E-state index is 12.9. The SMILES string of the molecule is CC1=C(COC(=O)Oc2ccccc2)C2=C(C)C3(CC3)[C@@](C)(O)C(=O)C2=C1. The first kappa shape index (κ1) is 17.7. The largest absolute Gasteiger partial charge is 0.514 e. The average molecular weight is 366 g/mol. The van der Waals surface area contributed by atoms with Gasteiger partial charge in [-0.25, -0.2) is 4.79 Å². The molecular formula is C22H22O5. The number of para-hydroxylation sites is 1. The second-order valence-electron chi connectivity index (χ2n) is 7.66. The minimum atomic E-state index is -1.38. The third-order valence-corrected chi connectivity index (χ3v) is 6.15. The molecule has 4 rings (SSSR count). The predicted octanol–water partition coefficient (Wildman–Crippen LogP) is 3.89. The first-order valence-electron chi connectivity index (χ1n) is 9.08. The minimum Gasteiger partial charge on any atom is -0.429 e. The highest BCUT2D eigenvalue weighted by Crippen LogP contribution is 2.64. The van der Waals surface area contributed by atoms with Crippen molar-refractivity contribution in [3.63, 3.8) is 0 Å². The Labute approximate surface area is 158 Å². The Morgan fingerprint density at radius 3 is 2.48 bits per heavy atom. The van der Waals surface area contributed by atoms with Crippen molar-refractivity contribution in [2.75, 3.05) is 6.61 Å². The van der Waals surface area contributed by atoms with Crippen molar-refractivity contribution in [3.05, 3.63) is 64.3 Å². The molecule has 3 aliphatic rings. The number of hydrogen-bond donors (Lipinski definition) is 1. The summed E-state index contributed by atoms with van der Waals surface area (Å²) < 4.78 is 10.5. The van der Waals surface area contributed by atoms with E-state index in [4.69, 9.17) is 9.47 Å². The van der Waals surface area contributed by atoms with Crippen LogP contribution in [0.15, 0.2) is 64.3 Å². The zero-order valence-electron chi connectivity index (χ0n) is 15.7. The molecule has 5 heteroatoms. The topological polar surface area (TPSA) is 72.8 Å². The lowest BCUT2D eigenvalue weighted by molar-refractivity contribution is -0.137. The van der Waals surface area contributed by atoms with Gasteiger partial charge in [-0.1, -0.05) is 23.8 Å². The zero-order chi connectivity index (χ0) is 19.4. The van der Waals surface area contributed by atoms with E-state index in [9.17, 15) is 14.7 Å². The second kappa shape index (κ2) is 5.92. The molecule has 1 aromatic carbocycles. The van der Waals surface area contributed by atoms with E-state index in [1.54, 1.807) is 37.3 Å². The summed E-state index contributed by atoms with van der Waals surface area (Å²) in [5.41, 5.74) is 2.16. The molecule has 27 heavy (non-hydrogen) atoms. The van der Waals surface area contributed by atoms with E-state index in [0.29, 0.717) is 11.3 Å². The summed E-state index contributed by atoms with van der Waals surface area (Å²) in [5.74, 6) is 0.163. The van der Waals surface area contributed by atoms with Crippen molar-refractivity contribution in [3.8, 4) is 5.75 Å². The molecule has 0 amide bonds. The number of fused-ring (bicyclic) bond motifs is 1. The Balaban J connectivity index is 1.56. The van der Waals surface area contributed by atoms with E-state index in [2.05, 4.69) is 0 Å². The minimum absolute atomic E-state index is 0.0235. The van der Waals surface area contributed by atoms with Gasteiger partial charge in [0.15, 0.2) is 5.78 Å². The molecule has 1 aromatic rings. The maximum absolute atomic E-state index is 12.9. The number of Topliss-reactive ketones (excluding diaryl/α,β-unsaturated/α-hetero) is 1. The molecule has 0 saturated heterocycles. The van der Waals surface area contributed by atoms with Gasteiger partial charge in [0.25, 0.3) is 0 Å². The normalized spacial score (nSPS) is 25.5. The molecule has 1 atom stereocenters. The van der Waals surface area contributed by atoms with Crippen LogP contribution in [0.25, 0.3) is 0 Å². The summed E-state index contributed by atoms with van der Waals surface area (Å²) >= 11 is 0. The molecule has 0 bridgehead atoms. The summed E-state index contributed by atoms with van der Waals surface area (Å²) in [5, 5.41) is 10.9. The molecular weight excluding hydrogens is 344 g/mol. The standard InChI is InChI=1S/C22H22O5/c1-13-11-16-18(14(2)22(9-10-22)21(3,25)19(16)23)17(13)12-26-20(24)27-15-7-5-4-6-8-15/h4-8,11,25H,9-10,12H2,1-3H3/t21-/m0/s1. The van der Waals surface area contributed by atoms with Crippen LogP contribution in [0.5, 0.6) is 5.75 Å². The molecule has 1 saturated carbocycles. The van der Waals surface area contributed by atoms with E-state index < -0.39 is 17.2 Å². The summed E-state index contributed by atoms with van der Waals surface area (Å²) in [6.07, 6.45) is 2.57. The molecule has 0 unspecified atom stereocenters. The number of ether oxygens (including phenoxy) is 2. The van der Waals surface area contributed by atoms with Crippen LogP contribution in [-0.2, 0) is 9.53 Å². The number of rotatable bonds is 3. The molecule has 0 heterocycles. The molecule has 5 nitrogen and oxygen atoms in total. The zero-order valence-corrected chi connectivity index (χ0v) is 15.7. The van der Waals surface area contributed by atoms with Crippen LogP contribution in [0.1, 0.15) is 33.6 Å². The van der Waals surface area contributed by atoms with Crippen molar-refractivity contribution in [2.24, 2.45) is 5.41 Å². The maximum Gasteiger partial charge on any atom is 0.514 e. The van der Waals surface area contributed by atoms with Gasteiger partial charge in [0.05, 0.1) is 0 Å². The highest BCUT2D eigenvalue weighted by Gasteiger charge is 2.65. The summed E-state index contributed by atoms with van der Waals surface area (Å²) in [6, 6.07) is 8.71. The van der Waals surface area contributed by atoms with Crippen molar-refractivity contribution < 1.29 is 24.2 Å². The fourth-order valence-corrected chi connectivity index (χ4v) is 4.34. The molecule has 0 radical (unpaired) electrons. The van der Waals surface area contributed by atoms with Crippen molar-refractivity contribution in [2.45, 2.75) is 39.2 Å². The van der Waals surface area contributed by atoms with Crippen LogP contribution in [-0.4, -0.2) is 29.3 Å². The van der Waals surface area contributed by atoms with Gasteiger partial charge in [0, 0.05) is 16.6 Å². The van der Waals surface area contributed by atoms with Crippen molar-refractivity contribution in [1.29, 1.82) is 0 Å². The molecule has 140 valence electrons. The molecule has 3 aliphatic carbocycles. The summed E-state index contributed by atoms with van der Waals surface area (Å²) in [4.78, 5) is 24.9. The van der Waals surface area contributed by atoms with Gasteiger partial charge < -0.3 is 14.6 Å². The Morgan fingerprint density at radius 2 is 1.85 bits per heavy atom. The number of allylic oxidation sites excluding steroid dienone is 2. The lowest BCUT2D eigenvalue weighted by Crippen LogP contribution is -2.49. The lowest BCUT2D eigenvalue weighted by Gasteiger charge is -2.39. The van der Waals surface area contributed by atoms with Crippen LogP contribution in [0.3, 0.4) is 0 Å². The highest BCUT2D eigenvalue weighted by atomic mass is 16.7. The number of hydrogen-bond acceptors (Lipinski definition) is 5. The monoisotopic (exact) mass is 366 g/mol. The Kier molecular flexibility index (Phi) is 3.89. The van der Waals surface area contributed by atoms with Gasteiger partial charge in [-0.3, -0.25) is 4.79 Å². The van der Waals surface area contributed by atoms with Crippen LogP contribution in [0.4, 0.5) is 4.79 Å². The van der Waals surface area contributed by atoms with E-state index >= 15 is 0 Å². The van der Waals surface area contributed by atoms with Crippen LogP contribution in [0, 0.1) is 5.41 Å². The first-order chi connectivity index (χ1) is 12.8. The lowest BCUT2D eigenvalue weighted by atomic mass is 9.67. The fraction of sp³-hybridized carbons (Fsp3) is 0.364. The molecule has 1 fully saturated rings. The van der Waals surface area contributed by atoms with E-state index in [1.807, 2.05) is 19.9 Å². The van der Waals surface area contributed by atoms with Crippen LogP contribution >= 0.6 is 0 Å². The number of benzene rings is 1. The van der Waals surface area contributed by atoms with E-state index in [1.165, 1.54) is 0 Å². The van der Waals surface area contributed by atoms with Crippen LogP contribution < -0.4 is 4.74 Å². The first-order valence-corrected chi connectivity index (χ1v) is 9.08. The van der Waals surface area contributed by atoms with Crippen molar-refractivity contribution >= 4 is 11.9 Å². The van der Waals surface area contributed by atoms with Gasteiger partial charge in [0.1, 0.15) is 18.0 Å². The van der Waals surface area contributed by atoms with E-state index in [0.717, 1.165) is 35.1 Å². The van der Waals surface area contributed by atoms with Gasteiger partial charge in [0.2, 0.25) is 0 Å². The molecule has 1 spiro atoms. The highest BCUT2D eigenvalue weighted by molar-refractivity contribution is 6.10. The molecule has 0 aliphatic heterocycles. The van der Waals surface area contributed by atoms with Gasteiger partial charge >= 0.3 is 6.16 Å². The smallest absolute Gasteiger partial charge is 0.429 e. The van der Waals surface area contributed by atoms with Gasteiger partial charge in [-0.2, -0.15) is 0 Å². The molecule has 1 N–H and O–H groups in total. The Bertz CT molecular complexity index is 927. The van der Waals surface area contributed by atoms with E-state index in [-0.39, 0.29) is 12.4 Å². The van der Waals surface area contributed by atoms with Crippen LogP contribution in [0.2, 0.25) is 0 Å².